The highest BCUT2D eigenvalue weighted by Gasteiger charge is 2.14. The molecule has 0 amide bonds. The number of ether oxygens (including phenoxy) is 1. The van der Waals surface area contributed by atoms with Gasteiger partial charge < -0.3 is 4.74 Å². The van der Waals surface area contributed by atoms with E-state index < -0.39 is 5.76 Å². The van der Waals surface area contributed by atoms with E-state index in [-0.39, 0.29) is 6.01 Å². The second kappa shape index (κ2) is 5.27. The third kappa shape index (κ3) is 3.03. The molecule has 0 unspecified atom stereocenters. The first-order valence-corrected chi connectivity index (χ1v) is 5.93. The zero-order chi connectivity index (χ0) is 14.0. The summed E-state index contributed by atoms with van der Waals surface area (Å²) >= 11 is 0. The van der Waals surface area contributed by atoms with Crippen LogP contribution in [0.3, 0.4) is 0 Å². The van der Waals surface area contributed by atoms with Crippen LogP contribution < -0.4 is 10.5 Å². The molecular formula is C13H17N3O3. The van der Waals surface area contributed by atoms with Crippen LogP contribution in [-0.4, -0.2) is 28.7 Å². The van der Waals surface area contributed by atoms with E-state index in [1.165, 1.54) is 4.57 Å². The average Bonchev–Trinajstić information content (AvgIpc) is 2.66. The topological polar surface area (TPSA) is 60.5 Å². The third-order valence-corrected chi connectivity index (χ3v) is 2.62. The fourth-order valence-corrected chi connectivity index (χ4v) is 1.65. The van der Waals surface area contributed by atoms with Gasteiger partial charge in [-0.3, -0.25) is 9.42 Å². The molecule has 1 heterocycles. The van der Waals surface area contributed by atoms with Gasteiger partial charge in [0.2, 0.25) is 0 Å². The smallest absolute Gasteiger partial charge is 0.423 e. The molecule has 0 aliphatic rings. The minimum atomic E-state index is -0.533. The molecular weight excluding hydrogens is 246 g/mol. The van der Waals surface area contributed by atoms with Crippen molar-refractivity contribution >= 4 is 0 Å². The highest BCUT2D eigenvalue weighted by molar-refractivity contribution is 5.37. The zero-order valence-corrected chi connectivity index (χ0v) is 11.5. The van der Waals surface area contributed by atoms with Crippen LogP contribution in [0.4, 0.5) is 0 Å². The second-order valence-electron chi connectivity index (χ2n) is 4.75. The Morgan fingerprint density at radius 3 is 2.79 bits per heavy atom. The molecule has 6 heteroatoms. The van der Waals surface area contributed by atoms with Gasteiger partial charge in [0, 0.05) is 0 Å². The molecule has 1 aromatic heterocycles. The second-order valence-corrected chi connectivity index (χ2v) is 4.75. The number of aromatic nitrogens is 2. The van der Waals surface area contributed by atoms with E-state index in [1.54, 1.807) is 0 Å². The number of aryl methyl sites for hydroxylation is 2. The SMILES string of the molecule is Cc1ccc(C)c(Oc2noc(=O)n2CN(C)C)c1. The average molecular weight is 263 g/mol. The number of hydrogen-bond donors (Lipinski definition) is 0. The zero-order valence-electron chi connectivity index (χ0n) is 11.5. The lowest BCUT2D eigenvalue weighted by Gasteiger charge is -2.12. The molecule has 102 valence electrons. The Morgan fingerprint density at radius 1 is 1.37 bits per heavy atom. The highest BCUT2D eigenvalue weighted by Crippen LogP contribution is 2.24. The van der Waals surface area contributed by atoms with E-state index in [9.17, 15) is 4.79 Å². The van der Waals surface area contributed by atoms with Gasteiger partial charge in [0.25, 0.3) is 0 Å². The van der Waals surface area contributed by atoms with E-state index in [2.05, 4.69) is 9.68 Å². The lowest BCUT2D eigenvalue weighted by atomic mass is 10.1. The molecule has 0 aliphatic heterocycles. The Labute approximate surface area is 111 Å². The van der Waals surface area contributed by atoms with Crippen molar-refractivity contribution in [1.29, 1.82) is 0 Å². The van der Waals surface area contributed by atoms with E-state index in [1.807, 2.05) is 51.0 Å². The molecule has 0 saturated heterocycles. The summed E-state index contributed by atoms with van der Waals surface area (Å²) in [5, 5.41) is 3.66. The molecule has 0 aliphatic carbocycles. The minimum Gasteiger partial charge on any atom is -0.423 e. The molecule has 0 radical (unpaired) electrons. The molecule has 0 bridgehead atoms. The number of nitrogens with zero attached hydrogens (tertiary/aromatic N) is 3. The first kappa shape index (κ1) is 13.4. The van der Waals surface area contributed by atoms with Gasteiger partial charge in [-0.15, -0.1) is 0 Å². The maximum Gasteiger partial charge on any atom is 0.445 e. The first-order valence-electron chi connectivity index (χ1n) is 5.93. The molecule has 6 nitrogen and oxygen atoms in total. The van der Waals surface area contributed by atoms with Crippen molar-refractivity contribution in [2.24, 2.45) is 0 Å². The molecule has 0 N–H and O–H groups in total. The van der Waals surface area contributed by atoms with Gasteiger partial charge in [-0.2, -0.15) is 0 Å². The monoisotopic (exact) mass is 263 g/mol. The minimum absolute atomic E-state index is 0.160. The van der Waals surface area contributed by atoms with E-state index in [0.29, 0.717) is 12.4 Å². The van der Waals surface area contributed by atoms with Crippen LogP contribution in [-0.2, 0) is 6.67 Å². The van der Waals surface area contributed by atoms with Crippen LogP contribution in [0.25, 0.3) is 0 Å². The summed E-state index contributed by atoms with van der Waals surface area (Å²) in [6.45, 7) is 4.26. The maximum absolute atomic E-state index is 11.5. The van der Waals surface area contributed by atoms with Crippen LogP contribution in [0.1, 0.15) is 11.1 Å². The van der Waals surface area contributed by atoms with Gasteiger partial charge in [0.1, 0.15) is 5.75 Å². The summed E-state index contributed by atoms with van der Waals surface area (Å²) in [6, 6.07) is 6.01. The van der Waals surface area contributed by atoms with Crippen LogP contribution in [0.2, 0.25) is 0 Å². The lowest BCUT2D eigenvalue weighted by Crippen LogP contribution is -2.24. The van der Waals surface area contributed by atoms with Crippen LogP contribution in [0.5, 0.6) is 11.8 Å². The lowest BCUT2D eigenvalue weighted by molar-refractivity contribution is 0.289. The largest absolute Gasteiger partial charge is 0.445 e. The third-order valence-electron chi connectivity index (χ3n) is 2.62. The van der Waals surface area contributed by atoms with Gasteiger partial charge in [-0.05, 0) is 50.3 Å². The van der Waals surface area contributed by atoms with Crippen LogP contribution in [0, 0.1) is 13.8 Å². The summed E-state index contributed by atoms with van der Waals surface area (Å²) in [6.07, 6.45) is 0. The van der Waals surface area contributed by atoms with Crippen molar-refractivity contribution in [2.45, 2.75) is 20.5 Å². The van der Waals surface area contributed by atoms with Crippen molar-refractivity contribution in [1.82, 2.24) is 14.6 Å². The van der Waals surface area contributed by atoms with Crippen molar-refractivity contribution < 1.29 is 9.26 Å². The molecule has 0 spiro atoms. The Morgan fingerprint density at radius 2 is 2.11 bits per heavy atom. The van der Waals surface area contributed by atoms with Crippen LogP contribution >= 0.6 is 0 Å². The predicted molar refractivity (Wildman–Crippen MR) is 70.4 cm³/mol. The molecule has 0 fully saturated rings. The van der Waals surface area contributed by atoms with E-state index in [4.69, 9.17) is 4.74 Å². The van der Waals surface area contributed by atoms with E-state index >= 15 is 0 Å². The standard InChI is InChI=1S/C13H17N3O3/c1-9-5-6-10(2)11(7-9)18-12-14-19-13(17)16(12)8-15(3)4/h5-7H,8H2,1-4H3. The van der Waals surface area contributed by atoms with E-state index in [0.717, 1.165) is 11.1 Å². The summed E-state index contributed by atoms with van der Waals surface area (Å²) in [5.74, 6) is 0.134. The summed E-state index contributed by atoms with van der Waals surface area (Å²) in [7, 11) is 3.70. The molecule has 1 aromatic carbocycles. The van der Waals surface area contributed by atoms with Crippen molar-refractivity contribution in [3.05, 3.63) is 39.9 Å². The number of hydrogen-bond acceptors (Lipinski definition) is 5. The Balaban J connectivity index is 2.33. The quantitative estimate of drug-likeness (QED) is 0.841. The van der Waals surface area contributed by atoms with Crippen molar-refractivity contribution in [3.63, 3.8) is 0 Å². The molecule has 2 rings (SSSR count). The van der Waals surface area contributed by atoms with Gasteiger partial charge in [-0.1, -0.05) is 12.1 Å². The Bertz CT molecular complexity index is 628. The normalized spacial score (nSPS) is 11.0. The fourth-order valence-electron chi connectivity index (χ4n) is 1.65. The summed E-state index contributed by atoms with van der Waals surface area (Å²) in [5.41, 5.74) is 2.04. The van der Waals surface area contributed by atoms with Gasteiger partial charge in [-0.25, -0.2) is 9.36 Å². The van der Waals surface area contributed by atoms with Crippen molar-refractivity contribution in [3.8, 4) is 11.8 Å². The maximum atomic E-state index is 11.5. The summed E-state index contributed by atoms with van der Waals surface area (Å²) in [4.78, 5) is 13.4. The van der Waals surface area contributed by atoms with Crippen molar-refractivity contribution in [2.75, 3.05) is 14.1 Å². The highest BCUT2D eigenvalue weighted by atomic mass is 16.6. The van der Waals surface area contributed by atoms with Gasteiger partial charge in [0.05, 0.1) is 6.67 Å². The fraction of sp³-hybridized carbons (Fsp3) is 0.385. The van der Waals surface area contributed by atoms with Crippen LogP contribution in [0.15, 0.2) is 27.5 Å². The molecule has 2 aromatic rings. The molecule has 19 heavy (non-hydrogen) atoms. The van der Waals surface area contributed by atoms with Gasteiger partial charge >= 0.3 is 11.8 Å². The molecule has 0 saturated carbocycles. The molecule has 0 atom stereocenters. The first-order chi connectivity index (χ1) is 8.97. The summed E-state index contributed by atoms with van der Waals surface area (Å²) < 4.78 is 11.7. The number of benzene rings is 1. The van der Waals surface area contributed by atoms with Gasteiger partial charge in [0.15, 0.2) is 0 Å². The Kier molecular flexibility index (Phi) is 3.71. The Hall–Kier alpha value is -2.08. The predicted octanol–water partition coefficient (Wildman–Crippen LogP) is 1.76. The number of rotatable bonds is 4.